The van der Waals surface area contributed by atoms with Gasteiger partial charge >= 0.3 is 6.18 Å². The van der Waals surface area contributed by atoms with Crippen LogP contribution in [0.1, 0.15) is 22.3 Å². The smallest absolute Gasteiger partial charge is 0.352 e. The SMILES string of the molecule is CN=C(NCc1ccc(C(F)(F)F)cc1)NCc1cccc(Cn2ccnc2)c1. The minimum Gasteiger partial charge on any atom is -0.352 e. The predicted octanol–water partition coefficient (Wildman–Crippen LogP) is 3.82. The Morgan fingerprint density at radius 1 is 1.00 bits per heavy atom. The number of hydrogen-bond donors (Lipinski definition) is 2. The molecule has 2 N–H and O–H groups in total. The predicted molar refractivity (Wildman–Crippen MR) is 106 cm³/mol. The maximum atomic E-state index is 12.6. The summed E-state index contributed by atoms with van der Waals surface area (Å²) in [6.45, 7) is 1.69. The van der Waals surface area contributed by atoms with E-state index in [0.29, 0.717) is 19.0 Å². The number of benzene rings is 2. The molecule has 1 aromatic heterocycles. The number of imidazole rings is 1. The fraction of sp³-hybridized carbons (Fsp3) is 0.238. The molecule has 0 aliphatic heterocycles. The molecule has 0 radical (unpaired) electrons. The molecule has 0 saturated heterocycles. The Hall–Kier alpha value is -3.29. The lowest BCUT2D eigenvalue weighted by Crippen LogP contribution is -2.36. The van der Waals surface area contributed by atoms with E-state index in [1.807, 2.05) is 22.9 Å². The molecule has 0 aliphatic carbocycles. The number of aliphatic imine (C=N–C) groups is 1. The molecule has 1 heterocycles. The fourth-order valence-electron chi connectivity index (χ4n) is 2.83. The summed E-state index contributed by atoms with van der Waals surface area (Å²) in [4.78, 5) is 8.20. The number of hydrogen-bond acceptors (Lipinski definition) is 2. The molecule has 0 fully saturated rings. The van der Waals surface area contributed by atoms with Crippen molar-refractivity contribution in [2.24, 2.45) is 4.99 Å². The lowest BCUT2D eigenvalue weighted by atomic mass is 10.1. The van der Waals surface area contributed by atoms with Gasteiger partial charge in [-0.1, -0.05) is 36.4 Å². The Balaban J connectivity index is 1.52. The van der Waals surface area contributed by atoms with E-state index in [4.69, 9.17) is 0 Å². The van der Waals surface area contributed by atoms with Crippen molar-refractivity contribution in [3.8, 4) is 0 Å². The number of guanidine groups is 1. The molecule has 29 heavy (non-hydrogen) atoms. The lowest BCUT2D eigenvalue weighted by Gasteiger charge is -2.13. The number of nitrogens with zero attached hydrogens (tertiary/aromatic N) is 3. The van der Waals surface area contributed by atoms with Gasteiger partial charge in [0.15, 0.2) is 5.96 Å². The molecule has 2 aromatic carbocycles. The topological polar surface area (TPSA) is 54.2 Å². The van der Waals surface area contributed by atoms with Crippen LogP contribution < -0.4 is 10.6 Å². The number of nitrogens with one attached hydrogen (secondary N) is 2. The van der Waals surface area contributed by atoms with Gasteiger partial charge in [-0.25, -0.2) is 4.98 Å². The van der Waals surface area contributed by atoms with Gasteiger partial charge < -0.3 is 15.2 Å². The van der Waals surface area contributed by atoms with Crippen LogP contribution in [-0.4, -0.2) is 22.6 Å². The van der Waals surface area contributed by atoms with Crippen LogP contribution >= 0.6 is 0 Å². The van der Waals surface area contributed by atoms with E-state index < -0.39 is 11.7 Å². The Morgan fingerprint density at radius 2 is 1.69 bits per heavy atom. The summed E-state index contributed by atoms with van der Waals surface area (Å²) in [6, 6.07) is 13.3. The van der Waals surface area contributed by atoms with Crippen LogP contribution in [0.2, 0.25) is 0 Å². The van der Waals surface area contributed by atoms with Crippen molar-refractivity contribution in [2.75, 3.05) is 7.05 Å². The Bertz CT molecular complexity index is 932. The minimum absolute atomic E-state index is 0.373. The number of alkyl halides is 3. The maximum absolute atomic E-state index is 12.6. The van der Waals surface area contributed by atoms with Crippen molar-refractivity contribution in [1.29, 1.82) is 0 Å². The van der Waals surface area contributed by atoms with E-state index in [0.717, 1.165) is 35.4 Å². The van der Waals surface area contributed by atoms with Gasteiger partial charge in [0, 0.05) is 39.1 Å². The third-order valence-electron chi connectivity index (χ3n) is 4.34. The van der Waals surface area contributed by atoms with Crippen molar-refractivity contribution >= 4 is 5.96 Å². The van der Waals surface area contributed by atoms with Gasteiger partial charge in [-0.05, 0) is 28.8 Å². The first-order valence-corrected chi connectivity index (χ1v) is 9.08. The monoisotopic (exact) mass is 401 g/mol. The van der Waals surface area contributed by atoms with Gasteiger partial charge in [-0.3, -0.25) is 4.99 Å². The highest BCUT2D eigenvalue weighted by molar-refractivity contribution is 5.79. The summed E-state index contributed by atoms with van der Waals surface area (Å²) < 4.78 is 39.9. The Labute approximate surface area is 167 Å². The summed E-state index contributed by atoms with van der Waals surface area (Å²) in [5.41, 5.74) is 2.35. The van der Waals surface area contributed by atoms with Gasteiger partial charge in [0.1, 0.15) is 0 Å². The van der Waals surface area contributed by atoms with Crippen molar-refractivity contribution in [3.05, 3.63) is 89.5 Å². The molecule has 0 bridgehead atoms. The zero-order valence-corrected chi connectivity index (χ0v) is 15.9. The van der Waals surface area contributed by atoms with E-state index in [1.165, 1.54) is 12.1 Å². The molecule has 0 amide bonds. The highest BCUT2D eigenvalue weighted by atomic mass is 19.4. The average molecular weight is 401 g/mol. The number of rotatable bonds is 6. The van der Waals surface area contributed by atoms with Crippen LogP contribution in [0.25, 0.3) is 0 Å². The second-order valence-electron chi connectivity index (χ2n) is 6.53. The molecule has 0 atom stereocenters. The molecule has 3 rings (SSSR count). The molecule has 0 aliphatic rings. The van der Waals surface area contributed by atoms with Gasteiger partial charge in [0.05, 0.1) is 11.9 Å². The Kier molecular flexibility index (Phi) is 6.54. The second-order valence-corrected chi connectivity index (χ2v) is 6.53. The molecule has 3 aromatic rings. The van der Waals surface area contributed by atoms with Gasteiger partial charge in [0.25, 0.3) is 0 Å². The van der Waals surface area contributed by atoms with E-state index in [2.05, 4.69) is 32.7 Å². The molecule has 8 heteroatoms. The highest BCUT2D eigenvalue weighted by Crippen LogP contribution is 2.29. The quantitative estimate of drug-likeness (QED) is 0.488. The molecule has 0 spiro atoms. The number of halogens is 3. The van der Waals surface area contributed by atoms with E-state index >= 15 is 0 Å². The molecular weight excluding hydrogens is 379 g/mol. The third kappa shape index (κ3) is 6.10. The third-order valence-corrected chi connectivity index (χ3v) is 4.34. The average Bonchev–Trinajstić information content (AvgIpc) is 3.21. The summed E-state index contributed by atoms with van der Waals surface area (Å²) >= 11 is 0. The second kappa shape index (κ2) is 9.27. The fourth-order valence-corrected chi connectivity index (χ4v) is 2.83. The van der Waals surface area contributed by atoms with Crippen LogP contribution in [0.3, 0.4) is 0 Å². The van der Waals surface area contributed by atoms with Crippen molar-refractivity contribution in [3.63, 3.8) is 0 Å². The summed E-state index contributed by atoms with van der Waals surface area (Å²) in [5.74, 6) is 0.574. The van der Waals surface area contributed by atoms with Crippen molar-refractivity contribution < 1.29 is 13.2 Å². The molecule has 0 unspecified atom stereocenters. The molecule has 5 nitrogen and oxygen atoms in total. The van der Waals surface area contributed by atoms with E-state index in [9.17, 15) is 13.2 Å². The van der Waals surface area contributed by atoms with Crippen molar-refractivity contribution in [1.82, 2.24) is 20.2 Å². The van der Waals surface area contributed by atoms with Crippen LogP contribution in [-0.2, 0) is 25.8 Å². The highest BCUT2D eigenvalue weighted by Gasteiger charge is 2.29. The van der Waals surface area contributed by atoms with Gasteiger partial charge in [-0.15, -0.1) is 0 Å². The maximum Gasteiger partial charge on any atom is 0.416 e. The summed E-state index contributed by atoms with van der Waals surface area (Å²) in [7, 11) is 1.65. The van der Waals surface area contributed by atoms with Crippen LogP contribution in [0.5, 0.6) is 0 Å². The van der Waals surface area contributed by atoms with E-state index in [1.54, 1.807) is 19.6 Å². The first kappa shape index (κ1) is 20.4. The summed E-state index contributed by atoms with van der Waals surface area (Å²) in [6.07, 6.45) is 1.11. The standard InChI is InChI=1S/C21H22F3N5/c1-25-20(27-12-16-5-7-19(8-6-16)21(22,23)24)28-13-17-3-2-4-18(11-17)14-29-10-9-26-15-29/h2-11,15H,12-14H2,1H3,(H2,25,27,28). The van der Waals surface area contributed by atoms with E-state index in [-0.39, 0.29) is 0 Å². The summed E-state index contributed by atoms with van der Waals surface area (Å²) in [5, 5.41) is 6.33. The zero-order chi connectivity index (χ0) is 20.7. The molecule has 0 saturated carbocycles. The van der Waals surface area contributed by atoms with Crippen LogP contribution in [0.15, 0.2) is 72.2 Å². The van der Waals surface area contributed by atoms with Crippen LogP contribution in [0, 0.1) is 0 Å². The number of aromatic nitrogens is 2. The van der Waals surface area contributed by atoms with Gasteiger partial charge in [-0.2, -0.15) is 13.2 Å². The van der Waals surface area contributed by atoms with Crippen molar-refractivity contribution in [2.45, 2.75) is 25.8 Å². The minimum atomic E-state index is -4.32. The first-order valence-electron chi connectivity index (χ1n) is 9.08. The zero-order valence-electron chi connectivity index (χ0n) is 15.9. The lowest BCUT2D eigenvalue weighted by molar-refractivity contribution is -0.137. The largest absolute Gasteiger partial charge is 0.416 e. The normalized spacial score (nSPS) is 12.1. The molecular formula is C21H22F3N5. The molecule has 152 valence electrons. The first-order chi connectivity index (χ1) is 13.9. The Morgan fingerprint density at radius 3 is 2.31 bits per heavy atom. The van der Waals surface area contributed by atoms with Crippen LogP contribution in [0.4, 0.5) is 13.2 Å². The van der Waals surface area contributed by atoms with Gasteiger partial charge in [0.2, 0.25) is 0 Å².